The van der Waals surface area contributed by atoms with Crippen molar-refractivity contribution in [2.75, 3.05) is 19.7 Å². The number of benzene rings is 1. The van der Waals surface area contributed by atoms with Gasteiger partial charge < -0.3 is 14.7 Å². The van der Waals surface area contributed by atoms with Crippen molar-refractivity contribution in [1.82, 2.24) is 4.90 Å². The van der Waals surface area contributed by atoms with Gasteiger partial charge >= 0.3 is 0 Å². The monoisotopic (exact) mass is 277 g/mol. The van der Waals surface area contributed by atoms with Crippen molar-refractivity contribution in [3.05, 3.63) is 29.8 Å². The van der Waals surface area contributed by atoms with Crippen LogP contribution in [-0.4, -0.2) is 41.7 Å². The number of ether oxygens (including phenoxy) is 1. The van der Waals surface area contributed by atoms with Crippen LogP contribution in [0.4, 0.5) is 0 Å². The average Bonchev–Trinajstić information content (AvgIpc) is 2.97. The maximum atomic E-state index is 12.2. The van der Waals surface area contributed by atoms with E-state index in [1.807, 2.05) is 24.0 Å². The van der Waals surface area contributed by atoms with Crippen LogP contribution in [0.2, 0.25) is 0 Å². The molecule has 1 saturated heterocycles. The van der Waals surface area contributed by atoms with Crippen LogP contribution in [-0.2, 0) is 16.0 Å². The summed E-state index contributed by atoms with van der Waals surface area (Å²) in [4.78, 5) is 14.1. The molecule has 4 nitrogen and oxygen atoms in total. The molecule has 0 radical (unpaired) electrons. The SMILES string of the molecule is CCN(C[C@@H]1CCCO1)C(=O)CCc1ccc(O)cc1. The highest BCUT2D eigenvalue weighted by Crippen LogP contribution is 2.15. The van der Waals surface area contributed by atoms with Gasteiger partial charge in [0.15, 0.2) is 0 Å². The highest BCUT2D eigenvalue weighted by molar-refractivity contribution is 5.76. The molecule has 20 heavy (non-hydrogen) atoms. The molecule has 4 heteroatoms. The summed E-state index contributed by atoms with van der Waals surface area (Å²) >= 11 is 0. The van der Waals surface area contributed by atoms with Gasteiger partial charge in [-0.15, -0.1) is 0 Å². The third-order valence-corrected chi connectivity index (χ3v) is 3.75. The fraction of sp³-hybridized carbons (Fsp3) is 0.562. The molecular weight excluding hydrogens is 254 g/mol. The van der Waals surface area contributed by atoms with Crippen LogP contribution >= 0.6 is 0 Å². The molecule has 0 unspecified atom stereocenters. The predicted molar refractivity (Wildman–Crippen MR) is 77.7 cm³/mol. The van der Waals surface area contributed by atoms with E-state index in [2.05, 4.69) is 0 Å². The fourth-order valence-corrected chi connectivity index (χ4v) is 2.51. The van der Waals surface area contributed by atoms with Crippen LogP contribution in [0, 0.1) is 0 Å². The molecule has 1 atom stereocenters. The van der Waals surface area contributed by atoms with Crippen molar-refractivity contribution in [2.24, 2.45) is 0 Å². The van der Waals surface area contributed by atoms with Crippen molar-refractivity contribution in [3.8, 4) is 5.75 Å². The Morgan fingerprint density at radius 1 is 1.40 bits per heavy atom. The van der Waals surface area contributed by atoms with Crippen LogP contribution in [0.1, 0.15) is 31.7 Å². The number of phenolic OH excluding ortho intramolecular Hbond substituents is 1. The Morgan fingerprint density at radius 3 is 2.75 bits per heavy atom. The highest BCUT2D eigenvalue weighted by atomic mass is 16.5. The van der Waals surface area contributed by atoms with E-state index in [-0.39, 0.29) is 17.8 Å². The first kappa shape index (κ1) is 14.9. The number of carbonyl (C=O) groups is 1. The molecule has 110 valence electrons. The summed E-state index contributed by atoms with van der Waals surface area (Å²) in [5.74, 6) is 0.435. The number of hydrogen-bond donors (Lipinski definition) is 1. The lowest BCUT2D eigenvalue weighted by atomic mass is 10.1. The van der Waals surface area contributed by atoms with Crippen molar-refractivity contribution >= 4 is 5.91 Å². The molecule has 1 aliphatic rings. The standard InChI is InChI=1S/C16H23NO3/c1-2-17(12-15-4-3-11-20-15)16(19)10-7-13-5-8-14(18)9-6-13/h5-6,8-9,15,18H,2-4,7,10-12H2,1H3/t15-/m0/s1. The number of aromatic hydroxyl groups is 1. The lowest BCUT2D eigenvalue weighted by Crippen LogP contribution is -2.37. The van der Waals surface area contributed by atoms with Crippen molar-refractivity contribution in [2.45, 2.75) is 38.7 Å². The number of amides is 1. The summed E-state index contributed by atoms with van der Waals surface area (Å²) in [5, 5.41) is 9.23. The van der Waals surface area contributed by atoms with Gasteiger partial charge in [0.2, 0.25) is 5.91 Å². The van der Waals surface area contributed by atoms with Crippen molar-refractivity contribution < 1.29 is 14.6 Å². The summed E-state index contributed by atoms with van der Waals surface area (Å²) in [6.45, 7) is 4.27. The molecule has 2 rings (SSSR count). The van der Waals surface area contributed by atoms with Gasteiger partial charge in [-0.2, -0.15) is 0 Å². The Hall–Kier alpha value is -1.55. The van der Waals surface area contributed by atoms with Crippen molar-refractivity contribution in [3.63, 3.8) is 0 Å². The zero-order chi connectivity index (χ0) is 14.4. The third kappa shape index (κ3) is 4.23. The Balaban J connectivity index is 1.80. The van der Waals surface area contributed by atoms with Crippen LogP contribution in [0.5, 0.6) is 5.75 Å². The quantitative estimate of drug-likeness (QED) is 0.868. The van der Waals surface area contributed by atoms with Crippen LogP contribution in [0.25, 0.3) is 0 Å². The first-order chi connectivity index (χ1) is 9.69. The Kier molecular flexibility index (Phi) is 5.41. The smallest absolute Gasteiger partial charge is 0.222 e. The zero-order valence-electron chi connectivity index (χ0n) is 12.0. The number of aryl methyl sites for hydroxylation is 1. The molecular formula is C16H23NO3. The average molecular weight is 277 g/mol. The van der Waals surface area contributed by atoms with Gasteiger partial charge in [-0.3, -0.25) is 4.79 Å². The first-order valence-electron chi connectivity index (χ1n) is 7.36. The van der Waals surface area contributed by atoms with E-state index < -0.39 is 0 Å². The second-order valence-corrected chi connectivity index (χ2v) is 5.23. The summed E-state index contributed by atoms with van der Waals surface area (Å²) in [5.41, 5.74) is 1.07. The lowest BCUT2D eigenvalue weighted by molar-refractivity contribution is -0.132. The van der Waals surface area contributed by atoms with Gasteiger partial charge in [0.25, 0.3) is 0 Å². The second-order valence-electron chi connectivity index (χ2n) is 5.23. The van der Waals surface area contributed by atoms with Gasteiger partial charge in [0, 0.05) is 26.1 Å². The van der Waals surface area contributed by atoms with Crippen LogP contribution in [0.3, 0.4) is 0 Å². The minimum Gasteiger partial charge on any atom is -0.508 e. The molecule has 0 saturated carbocycles. The van der Waals surface area contributed by atoms with E-state index in [1.165, 1.54) is 0 Å². The summed E-state index contributed by atoms with van der Waals surface area (Å²) in [6.07, 6.45) is 3.59. The molecule has 1 aromatic rings. The number of nitrogens with zero attached hydrogens (tertiary/aromatic N) is 1. The molecule has 0 aromatic heterocycles. The van der Waals surface area contributed by atoms with Gasteiger partial charge in [-0.05, 0) is 43.9 Å². The minimum atomic E-state index is 0.177. The second kappa shape index (κ2) is 7.29. The van der Waals surface area contributed by atoms with Crippen molar-refractivity contribution in [1.29, 1.82) is 0 Å². The molecule has 1 fully saturated rings. The largest absolute Gasteiger partial charge is 0.508 e. The number of phenols is 1. The third-order valence-electron chi connectivity index (χ3n) is 3.75. The van der Waals surface area contributed by atoms with Crippen LogP contribution < -0.4 is 0 Å². The van der Waals surface area contributed by atoms with E-state index in [0.29, 0.717) is 19.4 Å². The highest BCUT2D eigenvalue weighted by Gasteiger charge is 2.21. The molecule has 1 N–H and O–H groups in total. The first-order valence-corrected chi connectivity index (χ1v) is 7.36. The number of carbonyl (C=O) groups excluding carboxylic acids is 1. The maximum absolute atomic E-state index is 12.2. The molecule has 1 aromatic carbocycles. The van der Waals surface area contributed by atoms with Crippen LogP contribution in [0.15, 0.2) is 24.3 Å². The molecule has 0 aliphatic carbocycles. The Labute approximate surface area is 120 Å². The molecule has 1 amide bonds. The molecule has 1 aliphatic heterocycles. The summed E-state index contributed by atoms with van der Waals surface area (Å²) in [6, 6.07) is 7.03. The van der Waals surface area contributed by atoms with E-state index in [9.17, 15) is 9.90 Å². The molecule has 0 spiro atoms. The number of likely N-dealkylation sites (N-methyl/N-ethyl adjacent to an activating group) is 1. The number of hydrogen-bond acceptors (Lipinski definition) is 3. The van der Waals surface area contributed by atoms with E-state index in [1.54, 1.807) is 12.1 Å². The van der Waals surface area contributed by atoms with Gasteiger partial charge in [-0.25, -0.2) is 0 Å². The van der Waals surface area contributed by atoms with E-state index in [4.69, 9.17) is 4.74 Å². The van der Waals surface area contributed by atoms with E-state index >= 15 is 0 Å². The summed E-state index contributed by atoms with van der Waals surface area (Å²) < 4.78 is 5.59. The molecule has 1 heterocycles. The van der Waals surface area contributed by atoms with E-state index in [0.717, 1.165) is 31.6 Å². The Morgan fingerprint density at radius 2 is 2.15 bits per heavy atom. The topological polar surface area (TPSA) is 49.8 Å². The zero-order valence-corrected chi connectivity index (χ0v) is 12.0. The minimum absolute atomic E-state index is 0.177. The van der Waals surface area contributed by atoms with Gasteiger partial charge in [0.05, 0.1) is 6.10 Å². The normalized spacial score (nSPS) is 18.1. The number of rotatable bonds is 6. The molecule has 0 bridgehead atoms. The van der Waals surface area contributed by atoms with Gasteiger partial charge in [-0.1, -0.05) is 12.1 Å². The fourth-order valence-electron chi connectivity index (χ4n) is 2.51. The lowest BCUT2D eigenvalue weighted by Gasteiger charge is -2.24. The predicted octanol–water partition coefficient (Wildman–Crippen LogP) is 2.35. The maximum Gasteiger partial charge on any atom is 0.222 e. The summed E-state index contributed by atoms with van der Waals surface area (Å²) in [7, 11) is 0. The van der Waals surface area contributed by atoms with Gasteiger partial charge in [0.1, 0.15) is 5.75 Å². The Bertz CT molecular complexity index is 424.